The first-order valence-corrected chi connectivity index (χ1v) is 4.77. The Bertz CT molecular complexity index is 233. The summed E-state index contributed by atoms with van der Waals surface area (Å²) >= 11 is 0. The summed E-state index contributed by atoms with van der Waals surface area (Å²) in [6.45, 7) is 6.19. The largest absolute Gasteiger partial charge is 0.201 e. The monoisotopic (exact) mass is 180 g/mol. The van der Waals surface area contributed by atoms with E-state index >= 15 is 0 Å². The molecule has 0 saturated carbocycles. The molecule has 0 fully saturated rings. The van der Waals surface area contributed by atoms with Crippen LogP contribution in [0.2, 0.25) is 0 Å². The summed E-state index contributed by atoms with van der Waals surface area (Å²) < 4.78 is 0.598. The van der Waals surface area contributed by atoms with Gasteiger partial charge in [0.1, 0.15) is 13.1 Å². The average Bonchev–Trinajstić information content (AvgIpc) is 2.23. The molecule has 0 unspecified atom stereocenters. The molecule has 0 spiro atoms. The van der Waals surface area contributed by atoms with E-state index in [2.05, 4.69) is 26.0 Å². The molecule has 0 aromatic heterocycles. The van der Waals surface area contributed by atoms with Gasteiger partial charge < -0.3 is 0 Å². The molecule has 0 amide bonds. The van der Waals surface area contributed by atoms with Gasteiger partial charge in [-0.05, 0) is 13.8 Å². The maximum atomic E-state index is 5.56. The van der Waals surface area contributed by atoms with Gasteiger partial charge in [-0.3, -0.25) is 0 Å². The quantitative estimate of drug-likeness (QED) is 0.511. The molecule has 1 aromatic rings. The number of quaternary nitrogens is 1. The highest BCUT2D eigenvalue weighted by Gasteiger charge is 2.26. The van der Waals surface area contributed by atoms with Crippen LogP contribution in [-0.4, -0.2) is 20.2 Å². The van der Waals surface area contributed by atoms with Crippen LogP contribution in [-0.2, 0) is 4.84 Å². The third-order valence-corrected chi connectivity index (χ3v) is 2.60. The van der Waals surface area contributed by atoms with Crippen molar-refractivity contribution in [3.8, 4) is 0 Å². The van der Waals surface area contributed by atoms with Crippen LogP contribution >= 0.6 is 0 Å². The first-order chi connectivity index (χ1) is 6.29. The number of hydrogen-bond donors (Lipinski definition) is 0. The van der Waals surface area contributed by atoms with Crippen molar-refractivity contribution in [2.45, 2.75) is 13.8 Å². The number of hydroxylamine groups is 2. The normalized spacial score (nSPS) is 11.6. The molecule has 0 aliphatic heterocycles. The van der Waals surface area contributed by atoms with Crippen molar-refractivity contribution < 1.29 is 4.84 Å². The Hall–Kier alpha value is -0.860. The van der Waals surface area contributed by atoms with Gasteiger partial charge in [-0.25, -0.2) is 4.84 Å². The van der Waals surface area contributed by atoms with Gasteiger partial charge in [-0.2, -0.15) is 0 Å². The van der Waals surface area contributed by atoms with Crippen molar-refractivity contribution in [1.29, 1.82) is 0 Å². The fourth-order valence-electron chi connectivity index (χ4n) is 1.65. The van der Waals surface area contributed by atoms with Crippen LogP contribution in [0, 0.1) is 0 Å². The average molecular weight is 180 g/mol. The molecule has 1 rings (SSSR count). The number of benzene rings is 1. The summed E-state index contributed by atoms with van der Waals surface area (Å²) in [5.74, 6) is 0. The molecule has 2 nitrogen and oxygen atoms in total. The van der Waals surface area contributed by atoms with Gasteiger partial charge in [0.15, 0.2) is 5.69 Å². The second-order valence-electron chi connectivity index (χ2n) is 3.04. The third-order valence-electron chi connectivity index (χ3n) is 2.60. The van der Waals surface area contributed by atoms with Crippen LogP contribution in [0.1, 0.15) is 13.8 Å². The second-order valence-corrected chi connectivity index (χ2v) is 3.04. The number of rotatable bonds is 4. The van der Waals surface area contributed by atoms with Gasteiger partial charge in [0.05, 0.1) is 7.11 Å². The highest BCUT2D eigenvalue weighted by Crippen LogP contribution is 2.21. The highest BCUT2D eigenvalue weighted by molar-refractivity contribution is 5.40. The molecule has 0 bridgehead atoms. The summed E-state index contributed by atoms with van der Waals surface area (Å²) in [7, 11) is 1.76. The number of hydrogen-bond acceptors (Lipinski definition) is 1. The second kappa shape index (κ2) is 4.40. The standard InChI is InChI=1S/C11H18NO/c1-4-12(5-2,13-3)11-9-7-6-8-10-11/h6-10H,4-5H2,1-3H3/q+1. The van der Waals surface area contributed by atoms with Crippen LogP contribution < -0.4 is 4.65 Å². The molecule has 0 atom stereocenters. The topological polar surface area (TPSA) is 9.23 Å². The van der Waals surface area contributed by atoms with E-state index in [9.17, 15) is 0 Å². The molecule has 0 radical (unpaired) electrons. The molecule has 2 heteroatoms. The molecular formula is C11H18NO+. The molecule has 0 N–H and O–H groups in total. The Labute approximate surface area is 80.3 Å². The lowest BCUT2D eigenvalue weighted by atomic mass is 10.3. The van der Waals surface area contributed by atoms with Gasteiger partial charge in [0, 0.05) is 12.1 Å². The van der Waals surface area contributed by atoms with E-state index in [1.807, 2.05) is 18.2 Å². The minimum Gasteiger partial charge on any atom is -0.201 e. The van der Waals surface area contributed by atoms with Crippen LogP contribution in [0.5, 0.6) is 0 Å². The van der Waals surface area contributed by atoms with E-state index in [4.69, 9.17) is 4.84 Å². The first kappa shape index (κ1) is 10.2. The van der Waals surface area contributed by atoms with Gasteiger partial charge in [-0.15, -0.1) is 4.65 Å². The van der Waals surface area contributed by atoms with Crippen molar-refractivity contribution in [3.05, 3.63) is 30.3 Å². The van der Waals surface area contributed by atoms with Crippen LogP contribution in [0.15, 0.2) is 30.3 Å². The summed E-state index contributed by atoms with van der Waals surface area (Å²) in [6, 6.07) is 10.3. The predicted molar refractivity (Wildman–Crippen MR) is 56.3 cm³/mol. The molecule has 0 aliphatic carbocycles. The summed E-state index contributed by atoms with van der Waals surface area (Å²) in [6.07, 6.45) is 0. The van der Waals surface area contributed by atoms with Crippen molar-refractivity contribution in [2.24, 2.45) is 0 Å². The van der Waals surface area contributed by atoms with Crippen molar-refractivity contribution >= 4 is 5.69 Å². The van der Waals surface area contributed by atoms with Crippen molar-refractivity contribution in [2.75, 3.05) is 20.2 Å². The summed E-state index contributed by atoms with van der Waals surface area (Å²) in [5.41, 5.74) is 1.22. The Balaban J connectivity index is 3.01. The highest BCUT2D eigenvalue weighted by atomic mass is 16.7. The maximum Gasteiger partial charge on any atom is 0.165 e. The molecular weight excluding hydrogens is 162 g/mol. The fraction of sp³-hybridized carbons (Fsp3) is 0.455. The Morgan fingerprint density at radius 1 is 1.08 bits per heavy atom. The third kappa shape index (κ3) is 1.90. The smallest absolute Gasteiger partial charge is 0.165 e. The maximum absolute atomic E-state index is 5.56. The lowest BCUT2D eigenvalue weighted by Crippen LogP contribution is -2.47. The molecule has 1 aromatic carbocycles. The predicted octanol–water partition coefficient (Wildman–Crippen LogP) is 2.60. The van der Waals surface area contributed by atoms with E-state index in [1.165, 1.54) is 5.69 Å². The molecule has 72 valence electrons. The Morgan fingerprint density at radius 3 is 2.00 bits per heavy atom. The molecule has 0 aliphatic rings. The fourth-order valence-corrected chi connectivity index (χ4v) is 1.65. The molecule has 0 heterocycles. The molecule has 13 heavy (non-hydrogen) atoms. The Morgan fingerprint density at radius 2 is 1.62 bits per heavy atom. The van der Waals surface area contributed by atoms with Crippen LogP contribution in [0.4, 0.5) is 5.69 Å². The van der Waals surface area contributed by atoms with E-state index < -0.39 is 0 Å². The van der Waals surface area contributed by atoms with Crippen molar-refractivity contribution in [1.82, 2.24) is 4.65 Å². The number of para-hydroxylation sites is 1. The van der Waals surface area contributed by atoms with E-state index in [0.29, 0.717) is 4.65 Å². The lowest BCUT2D eigenvalue weighted by molar-refractivity contribution is -0.112. The van der Waals surface area contributed by atoms with E-state index in [-0.39, 0.29) is 0 Å². The van der Waals surface area contributed by atoms with Crippen molar-refractivity contribution in [3.63, 3.8) is 0 Å². The zero-order valence-corrected chi connectivity index (χ0v) is 8.66. The first-order valence-electron chi connectivity index (χ1n) is 4.77. The number of nitrogens with zero attached hydrogens (tertiary/aromatic N) is 1. The van der Waals surface area contributed by atoms with E-state index in [0.717, 1.165) is 13.1 Å². The van der Waals surface area contributed by atoms with Gasteiger partial charge in [0.2, 0.25) is 0 Å². The minimum absolute atomic E-state index is 0.598. The van der Waals surface area contributed by atoms with Gasteiger partial charge in [0.25, 0.3) is 0 Å². The lowest BCUT2D eigenvalue weighted by Gasteiger charge is -2.31. The summed E-state index contributed by atoms with van der Waals surface area (Å²) in [5, 5.41) is 0. The zero-order chi connectivity index (χ0) is 9.73. The zero-order valence-electron chi connectivity index (χ0n) is 8.66. The Kier molecular flexibility index (Phi) is 3.46. The minimum atomic E-state index is 0.598. The van der Waals surface area contributed by atoms with E-state index in [1.54, 1.807) is 7.11 Å². The molecule has 0 saturated heterocycles. The van der Waals surface area contributed by atoms with Gasteiger partial charge >= 0.3 is 0 Å². The van der Waals surface area contributed by atoms with Crippen LogP contribution in [0.25, 0.3) is 0 Å². The van der Waals surface area contributed by atoms with Crippen LogP contribution in [0.3, 0.4) is 0 Å². The van der Waals surface area contributed by atoms with Gasteiger partial charge in [-0.1, -0.05) is 18.2 Å². The SMILES string of the molecule is CC[N+](CC)(OC)c1ccccc1. The summed E-state index contributed by atoms with van der Waals surface area (Å²) in [4.78, 5) is 5.56.